The predicted octanol–water partition coefficient (Wildman–Crippen LogP) is -1.83. The smallest absolute Gasteiger partial charge is 0.148 e. The largest absolute Gasteiger partial charge is 0.218 e. The molecule has 0 saturated heterocycles. The molecule has 98 valence electrons. The molecule has 0 aliphatic carbocycles. The van der Waals surface area contributed by atoms with Gasteiger partial charge in [-0.2, -0.15) is 5.10 Å². The summed E-state index contributed by atoms with van der Waals surface area (Å²) >= 11 is 0. The summed E-state index contributed by atoms with van der Waals surface area (Å²) in [5, 5.41) is 4.50. The van der Waals surface area contributed by atoms with Crippen LogP contribution in [0.15, 0.2) is 12.1 Å². The highest BCUT2D eigenvalue weighted by Gasteiger charge is 2.19. The Bertz CT molecular complexity index is 638. The van der Waals surface area contributed by atoms with Crippen molar-refractivity contribution < 1.29 is 0 Å². The number of rotatable bonds is 3. The lowest BCUT2D eigenvalue weighted by molar-refractivity contribution is 0.824. The van der Waals surface area contributed by atoms with Crippen molar-refractivity contribution in [2.24, 2.45) is 0 Å². The minimum atomic E-state index is 0.571. The molecule has 8 heteroatoms. The summed E-state index contributed by atoms with van der Waals surface area (Å²) in [7, 11) is 6.85. The second kappa shape index (κ2) is 5.59. The fourth-order valence-electron chi connectivity index (χ4n) is 2.65. The number of nitrogens with zero attached hydrogens (tertiary/aromatic N) is 3. The first-order valence-electron chi connectivity index (χ1n) is 7.33. The van der Waals surface area contributed by atoms with Gasteiger partial charge in [-0.05, 0) is 39.3 Å². The Morgan fingerprint density at radius 2 is 1.65 bits per heavy atom. The van der Waals surface area contributed by atoms with E-state index in [4.69, 9.17) is 0 Å². The van der Waals surface area contributed by atoms with Crippen LogP contribution in [0.5, 0.6) is 0 Å². The molecule has 0 aliphatic rings. The van der Waals surface area contributed by atoms with E-state index in [1.54, 1.807) is 0 Å². The molecular formula is C12H20B5N3. The molecular weight excluding hydrogens is 240 g/mol. The highest BCUT2D eigenvalue weighted by molar-refractivity contribution is 7.69. The van der Waals surface area contributed by atoms with Crippen LogP contribution >= 0.6 is 0 Å². The van der Waals surface area contributed by atoms with E-state index in [0.29, 0.717) is 12.9 Å². The zero-order valence-corrected chi connectivity index (χ0v) is 13.7. The quantitative estimate of drug-likeness (QED) is 0.608. The Kier molecular flexibility index (Phi) is 4.21. The Labute approximate surface area is 125 Å². The third-order valence-corrected chi connectivity index (χ3v) is 4.18. The third-order valence-electron chi connectivity index (χ3n) is 4.18. The molecule has 0 amide bonds. The maximum atomic E-state index is 4.50. The molecule has 0 aliphatic heterocycles. The topological polar surface area (TPSA) is 30.7 Å². The van der Waals surface area contributed by atoms with E-state index in [-0.39, 0.29) is 0 Å². The summed E-state index contributed by atoms with van der Waals surface area (Å²) in [6.45, 7) is 8.85. The lowest BCUT2D eigenvalue weighted by Crippen LogP contribution is -2.49. The Balaban J connectivity index is 2.53. The summed E-state index contributed by atoms with van der Waals surface area (Å²) in [5.74, 6) is 1.76. The number of aromatic nitrogens is 3. The van der Waals surface area contributed by atoms with Gasteiger partial charge in [0.15, 0.2) is 0 Å². The van der Waals surface area contributed by atoms with Crippen LogP contribution in [0.1, 0.15) is 22.8 Å². The van der Waals surface area contributed by atoms with Crippen LogP contribution in [0.3, 0.4) is 0 Å². The van der Waals surface area contributed by atoms with Gasteiger partial charge in [-0.3, -0.25) is 0 Å². The predicted molar refractivity (Wildman–Crippen MR) is 97.1 cm³/mol. The van der Waals surface area contributed by atoms with Crippen LogP contribution < -0.4 is 5.46 Å². The molecule has 2 rings (SSSR count). The van der Waals surface area contributed by atoms with E-state index in [0.717, 1.165) is 17.3 Å². The first kappa shape index (κ1) is 15.1. The lowest BCUT2D eigenvalue weighted by Gasteiger charge is -2.18. The molecule has 2 aromatic rings. The van der Waals surface area contributed by atoms with E-state index in [1.807, 2.05) is 18.5 Å². The second-order valence-corrected chi connectivity index (χ2v) is 6.15. The van der Waals surface area contributed by atoms with Gasteiger partial charge in [-0.25, -0.2) is 9.67 Å². The Morgan fingerprint density at radius 3 is 2.15 bits per heavy atom. The van der Waals surface area contributed by atoms with Gasteiger partial charge in [0, 0.05) is 6.39 Å². The first-order valence-corrected chi connectivity index (χ1v) is 7.33. The van der Waals surface area contributed by atoms with Crippen molar-refractivity contribution in [3.05, 3.63) is 34.9 Å². The molecule has 1 aromatic heterocycles. The van der Waals surface area contributed by atoms with Gasteiger partial charge < -0.3 is 0 Å². The monoisotopic (exact) mass is 261 g/mol. The fourth-order valence-corrected chi connectivity index (χ4v) is 2.65. The molecule has 0 bridgehead atoms. The summed E-state index contributed by atoms with van der Waals surface area (Å²) in [5.41, 5.74) is 5.17. The van der Waals surface area contributed by atoms with Crippen LogP contribution in [-0.4, -0.2) is 50.9 Å². The van der Waals surface area contributed by atoms with Crippen LogP contribution in [0.25, 0.3) is 5.69 Å². The van der Waals surface area contributed by atoms with E-state index in [1.165, 1.54) is 16.6 Å². The first-order chi connectivity index (χ1) is 9.31. The zero-order chi connectivity index (χ0) is 15.0. The number of hydrogen-bond acceptors (Lipinski definition) is 2. The standard InChI is InChI=1S/C12H20B5N3/c1-7-6-12(20-10(4)18-9(3)19-20)8(2)5-11(7)16(13)17(14)15/h5-6H,13-15H2,1-4H3. The van der Waals surface area contributed by atoms with Crippen molar-refractivity contribution >= 4 is 41.6 Å². The van der Waals surface area contributed by atoms with Gasteiger partial charge in [0.1, 0.15) is 11.6 Å². The van der Waals surface area contributed by atoms with Crippen molar-refractivity contribution in [1.82, 2.24) is 14.8 Å². The number of aryl methyl sites for hydroxylation is 4. The Hall–Kier alpha value is -1.32. The van der Waals surface area contributed by atoms with Crippen LogP contribution in [0.4, 0.5) is 0 Å². The molecule has 0 spiro atoms. The molecule has 1 heterocycles. The average Bonchev–Trinajstić information content (AvgIpc) is 2.69. The highest BCUT2D eigenvalue weighted by Crippen LogP contribution is 2.16. The van der Waals surface area contributed by atoms with Crippen molar-refractivity contribution in [3.63, 3.8) is 0 Å². The highest BCUT2D eigenvalue weighted by atomic mass is 15.3. The Morgan fingerprint density at radius 1 is 1.00 bits per heavy atom. The SMILES string of the molecule is BB(B)B(B)c1cc(C)c(-n2nc(C)nc2C)cc1C. The minimum Gasteiger partial charge on any atom is -0.218 e. The van der Waals surface area contributed by atoms with Gasteiger partial charge in [-0.15, -0.1) is 0 Å². The second-order valence-electron chi connectivity index (χ2n) is 6.15. The van der Waals surface area contributed by atoms with Gasteiger partial charge in [0.2, 0.25) is 0 Å². The lowest BCUT2D eigenvalue weighted by atomic mass is 8.86. The van der Waals surface area contributed by atoms with Gasteiger partial charge in [0.05, 0.1) is 35.4 Å². The van der Waals surface area contributed by atoms with Crippen molar-refractivity contribution in [1.29, 1.82) is 0 Å². The molecule has 0 saturated carbocycles. The normalized spacial score (nSPS) is 10.6. The van der Waals surface area contributed by atoms with E-state index in [9.17, 15) is 0 Å². The molecule has 20 heavy (non-hydrogen) atoms. The van der Waals surface area contributed by atoms with Crippen LogP contribution in [-0.2, 0) is 0 Å². The molecule has 3 nitrogen and oxygen atoms in total. The third kappa shape index (κ3) is 2.74. The van der Waals surface area contributed by atoms with Gasteiger partial charge in [0.25, 0.3) is 0 Å². The molecule has 0 N–H and O–H groups in total. The van der Waals surface area contributed by atoms with Gasteiger partial charge >= 0.3 is 0 Å². The van der Waals surface area contributed by atoms with Crippen LogP contribution in [0, 0.1) is 27.7 Å². The number of benzene rings is 1. The summed E-state index contributed by atoms with van der Waals surface area (Å²) in [4.78, 5) is 4.40. The van der Waals surface area contributed by atoms with E-state index < -0.39 is 0 Å². The van der Waals surface area contributed by atoms with E-state index in [2.05, 4.69) is 59.3 Å². The molecule has 1 aromatic carbocycles. The summed E-state index contributed by atoms with van der Waals surface area (Å²) in [6.07, 6.45) is 0.648. The van der Waals surface area contributed by atoms with E-state index >= 15 is 0 Å². The van der Waals surface area contributed by atoms with Crippen LogP contribution in [0.2, 0.25) is 0 Å². The maximum Gasteiger partial charge on any atom is 0.148 e. The minimum absolute atomic E-state index is 0.571. The summed E-state index contributed by atoms with van der Waals surface area (Å²) < 4.78 is 1.95. The number of hydrogen-bond donors (Lipinski definition) is 0. The molecule has 0 atom stereocenters. The average molecular weight is 260 g/mol. The van der Waals surface area contributed by atoms with Crippen molar-refractivity contribution in [2.75, 3.05) is 0 Å². The van der Waals surface area contributed by atoms with Crippen molar-refractivity contribution in [3.8, 4) is 5.69 Å². The molecule has 0 unspecified atom stereocenters. The maximum absolute atomic E-state index is 4.50. The molecule has 0 fully saturated rings. The van der Waals surface area contributed by atoms with Crippen molar-refractivity contribution in [2.45, 2.75) is 27.7 Å². The zero-order valence-electron chi connectivity index (χ0n) is 13.7. The summed E-state index contributed by atoms with van der Waals surface area (Å²) in [6, 6.07) is 4.55. The fraction of sp³-hybridized carbons (Fsp3) is 0.333. The molecule has 0 radical (unpaired) electrons. The van der Waals surface area contributed by atoms with Gasteiger partial charge in [-0.1, -0.05) is 17.1 Å².